The van der Waals surface area contributed by atoms with Crippen LogP contribution in [-0.4, -0.2) is 48.5 Å². The predicted octanol–water partition coefficient (Wildman–Crippen LogP) is -1.49. The van der Waals surface area contributed by atoms with Crippen molar-refractivity contribution in [1.29, 1.82) is 0 Å². The van der Waals surface area contributed by atoms with Crippen molar-refractivity contribution in [1.82, 2.24) is 0 Å². The van der Waals surface area contributed by atoms with Gasteiger partial charge in [-0.1, -0.05) is 19.3 Å². The Balaban J connectivity index is -0.000000403. The van der Waals surface area contributed by atoms with Crippen LogP contribution in [0.3, 0.4) is 0 Å². The van der Waals surface area contributed by atoms with Gasteiger partial charge in [-0.3, -0.25) is 4.18 Å². The van der Waals surface area contributed by atoms with Gasteiger partial charge in [-0.25, -0.2) is 5.14 Å². The maximum Gasteiger partial charge on any atom is 2.00 e. The molecular formula is C6H17MgNO5S+2. The molecule has 1 aliphatic carbocycles. The number of hydrogen-bond acceptors (Lipinski definition) is 3. The summed E-state index contributed by atoms with van der Waals surface area (Å²) < 4.78 is 25.5. The third-order valence-electron chi connectivity index (χ3n) is 1.82. The summed E-state index contributed by atoms with van der Waals surface area (Å²) in [7, 11) is -3.72. The molecule has 8 heteroatoms. The van der Waals surface area contributed by atoms with E-state index in [0.717, 1.165) is 25.7 Å². The summed E-state index contributed by atoms with van der Waals surface area (Å²) in [5.74, 6) is 0. The fourth-order valence-electron chi connectivity index (χ4n) is 1.35. The van der Waals surface area contributed by atoms with Crippen LogP contribution in [0.5, 0.6) is 0 Å². The van der Waals surface area contributed by atoms with Crippen LogP contribution in [0.1, 0.15) is 32.1 Å². The Morgan fingerprint density at radius 1 is 1.07 bits per heavy atom. The zero-order valence-corrected chi connectivity index (χ0v) is 10.3. The molecule has 0 saturated heterocycles. The molecule has 0 aliphatic heterocycles. The Kier molecular flexibility index (Phi) is 12.6. The molecule has 14 heavy (non-hydrogen) atoms. The molecule has 0 amide bonds. The minimum Gasteiger partial charge on any atom is -0.412 e. The second-order valence-electron chi connectivity index (χ2n) is 2.85. The Morgan fingerprint density at radius 2 is 1.50 bits per heavy atom. The van der Waals surface area contributed by atoms with Gasteiger partial charge < -0.3 is 11.0 Å². The minimum absolute atomic E-state index is 0. The molecular weight excluding hydrogens is 222 g/mol. The van der Waals surface area contributed by atoms with Gasteiger partial charge in [-0.05, 0) is 12.8 Å². The van der Waals surface area contributed by atoms with Crippen LogP contribution in [0.4, 0.5) is 0 Å². The first-order valence-corrected chi connectivity index (χ1v) is 5.26. The minimum atomic E-state index is -3.72. The maximum absolute atomic E-state index is 10.5. The summed E-state index contributed by atoms with van der Waals surface area (Å²) in [5, 5.41) is 4.72. The first kappa shape index (κ1) is 20.0. The second kappa shape index (κ2) is 8.83. The molecule has 0 bridgehead atoms. The van der Waals surface area contributed by atoms with Gasteiger partial charge in [0.1, 0.15) is 0 Å². The quantitative estimate of drug-likeness (QED) is 0.588. The Labute approximate surface area is 100 Å². The molecule has 0 aromatic heterocycles. The molecule has 0 radical (unpaired) electrons. The standard InChI is InChI=1S/C6H13NO3S.Mg.2H2O/c7-11(8,9)10-6-4-2-1-3-5-6;;;/h6H,1-5H2,(H2,7,8,9);;2*1H2/q;+2;;. The Hall–Kier alpha value is 0.556. The van der Waals surface area contributed by atoms with E-state index in [9.17, 15) is 8.42 Å². The van der Waals surface area contributed by atoms with Crippen LogP contribution >= 0.6 is 0 Å². The monoisotopic (exact) mass is 239 g/mol. The van der Waals surface area contributed by atoms with Gasteiger partial charge in [-0.2, -0.15) is 8.42 Å². The smallest absolute Gasteiger partial charge is 0.412 e. The van der Waals surface area contributed by atoms with E-state index in [4.69, 9.17) is 5.14 Å². The van der Waals surface area contributed by atoms with Gasteiger partial charge in [0.15, 0.2) is 0 Å². The van der Waals surface area contributed by atoms with Crippen LogP contribution in [0.25, 0.3) is 0 Å². The van der Waals surface area contributed by atoms with E-state index in [0.29, 0.717) is 0 Å². The van der Waals surface area contributed by atoms with E-state index in [1.54, 1.807) is 0 Å². The Bertz CT molecular complexity index is 214. The molecule has 1 saturated carbocycles. The second-order valence-corrected chi connectivity index (χ2v) is 4.03. The van der Waals surface area contributed by atoms with Crippen molar-refractivity contribution in [3.05, 3.63) is 0 Å². The summed E-state index contributed by atoms with van der Waals surface area (Å²) in [6, 6.07) is 0. The number of nitrogens with two attached hydrogens (primary N) is 1. The van der Waals surface area contributed by atoms with E-state index in [1.807, 2.05) is 0 Å². The maximum atomic E-state index is 10.5. The molecule has 0 atom stereocenters. The normalized spacial score (nSPS) is 17.2. The van der Waals surface area contributed by atoms with Crippen molar-refractivity contribution >= 4 is 33.4 Å². The summed E-state index contributed by atoms with van der Waals surface area (Å²) >= 11 is 0. The third kappa shape index (κ3) is 9.12. The first-order chi connectivity index (χ1) is 5.08. The van der Waals surface area contributed by atoms with Crippen LogP contribution < -0.4 is 5.14 Å². The Morgan fingerprint density at radius 3 is 1.86 bits per heavy atom. The summed E-state index contributed by atoms with van der Waals surface area (Å²) in [5.41, 5.74) is 0. The van der Waals surface area contributed by atoms with Crippen molar-refractivity contribution in [3.63, 3.8) is 0 Å². The molecule has 0 heterocycles. The largest absolute Gasteiger partial charge is 2.00 e. The fraction of sp³-hybridized carbons (Fsp3) is 1.00. The molecule has 0 spiro atoms. The number of rotatable bonds is 2. The first-order valence-electron chi connectivity index (χ1n) is 3.79. The molecule has 0 unspecified atom stereocenters. The van der Waals surface area contributed by atoms with Crippen LogP contribution in [0.15, 0.2) is 0 Å². The summed E-state index contributed by atoms with van der Waals surface area (Å²) in [4.78, 5) is 0. The topological polar surface area (TPSA) is 132 Å². The van der Waals surface area contributed by atoms with Gasteiger partial charge in [0.25, 0.3) is 0 Å². The summed E-state index contributed by atoms with van der Waals surface area (Å²) in [6.07, 6.45) is 4.72. The van der Waals surface area contributed by atoms with E-state index >= 15 is 0 Å². The van der Waals surface area contributed by atoms with E-state index in [-0.39, 0.29) is 40.1 Å². The van der Waals surface area contributed by atoms with Crippen molar-refractivity contribution in [2.24, 2.45) is 5.14 Å². The predicted molar refractivity (Wildman–Crippen MR) is 54.0 cm³/mol. The van der Waals surface area contributed by atoms with Gasteiger partial charge in [-0.15, -0.1) is 0 Å². The third-order valence-corrected chi connectivity index (χ3v) is 2.36. The van der Waals surface area contributed by atoms with Crippen molar-refractivity contribution < 1.29 is 23.6 Å². The summed E-state index contributed by atoms with van der Waals surface area (Å²) in [6.45, 7) is 0. The molecule has 1 rings (SSSR count). The SMILES string of the molecule is NS(=O)(=O)OC1CCCCC1.O.O.[Mg+2]. The molecule has 0 aromatic rings. The van der Waals surface area contributed by atoms with E-state index in [1.165, 1.54) is 6.42 Å². The fourth-order valence-corrected chi connectivity index (χ4v) is 1.92. The van der Waals surface area contributed by atoms with Crippen LogP contribution in [0.2, 0.25) is 0 Å². The molecule has 1 fully saturated rings. The van der Waals surface area contributed by atoms with Crippen molar-refractivity contribution in [3.8, 4) is 0 Å². The van der Waals surface area contributed by atoms with Gasteiger partial charge in [0, 0.05) is 0 Å². The molecule has 82 valence electrons. The van der Waals surface area contributed by atoms with E-state index in [2.05, 4.69) is 4.18 Å². The molecule has 6 N–H and O–H groups in total. The van der Waals surface area contributed by atoms with Crippen molar-refractivity contribution in [2.75, 3.05) is 0 Å². The van der Waals surface area contributed by atoms with Crippen LogP contribution in [0, 0.1) is 0 Å². The average Bonchev–Trinajstić information content (AvgIpc) is 1.85. The van der Waals surface area contributed by atoms with Gasteiger partial charge in [0.2, 0.25) is 0 Å². The van der Waals surface area contributed by atoms with E-state index < -0.39 is 10.3 Å². The number of hydrogen-bond donors (Lipinski definition) is 1. The van der Waals surface area contributed by atoms with Gasteiger partial charge >= 0.3 is 33.4 Å². The van der Waals surface area contributed by atoms with Gasteiger partial charge in [0.05, 0.1) is 6.10 Å². The average molecular weight is 240 g/mol. The zero-order chi connectivity index (χ0) is 8.32. The molecule has 6 nitrogen and oxygen atoms in total. The van der Waals surface area contributed by atoms with Crippen LogP contribution in [-0.2, 0) is 14.5 Å². The van der Waals surface area contributed by atoms with Crippen molar-refractivity contribution in [2.45, 2.75) is 38.2 Å². The molecule has 1 aliphatic rings. The molecule has 0 aromatic carbocycles. The zero-order valence-electron chi connectivity index (χ0n) is 8.03.